The van der Waals surface area contributed by atoms with Crippen molar-refractivity contribution in [3.63, 3.8) is 0 Å². The van der Waals surface area contributed by atoms with E-state index in [0.29, 0.717) is 19.1 Å². The summed E-state index contributed by atoms with van der Waals surface area (Å²) in [5.74, 6) is 0. The van der Waals surface area contributed by atoms with Crippen molar-refractivity contribution in [3.8, 4) is 0 Å². The van der Waals surface area contributed by atoms with Crippen LogP contribution in [-0.4, -0.2) is 48.3 Å². The van der Waals surface area contributed by atoms with E-state index in [4.69, 9.17) is 0 Å². The normalized spacial score (nSPS) is 18.9. The van der Waals surface area contributed by atoms with Crippen LogP contribution < -0.4 is 5.32 Å². The summed E-state index contributed by atoms with van der Waals surface area (Å²) in [6.45, 7) is 1.11. The molecule has 1 N–H and O–H groups in total. The van der Waals surface area contributed by atoms with E-state index in [-0.39, 0.29) is 0 Å². The van der Waals surface area contributed by atoms with Gasteiger partial charge in [-0.1, -0.05) is 0 Å². The molecule has 19 heavy (non-hydrogen) atoms. The molecule has 0 aromatic carbocycles. The molecule has 0 atom stereocenters. The first-order valence-corrected chi connectivity index (χ1v) is 7.37. The van der Waals surface area contributed by atoms with Crippen LogP contribution in [-0.2, 0) is 6.42 Å². The average molecular weight is 293 g/mol. The molecule has 108 valence electrons. The Morgan fingerprint density at radius 3 is 2.68 bits per heavy atom. The summed E-state index contributed by atoms with van der Waals surface area (Å²) in [7, 11) is 0. The summed E-state index contributed by atoms with van der Waals surface area (Å²) in [6, 6.07) is 0.336. The number of piperidine rings is 1. The zero-order valence-electron chi connectivity index (χ0n) is 10.6. The Hall–Kier alpha value is -0.660. The second-order valence-corrected chi connectivity index (χ2v) is 5.57. The molecular weight excluding hydrogens is 275 g/mol. The van der Waals surface area contributed by atoms with Gasteiger partial charge in [0.05, 0.1) is 17.7 Å². The van der Waals surface area contributed by atoms with Crippen LogP contribution in [0.1, 0.15) is 18.5 Å². The third-order valence-electron chi connectivity index (χ3n) is 3.29. The van der Waals surface area contributed by atoms with Gasteiger partial charge in [-0.25, -0.2) is 4.98 Å². The fourth-order valence-corrected chi connectivity index (χ4v) is 2.91. The Morgan fingerprint density at radius 1 is 1.37 bits per heavy atom. The van der Waals surface area contributed by atoms with Gasteiger partial charge in [-0.2, -0.15) is 13.2 Å². The number of hydrogen-bond donors (Lipinski definition) is 1. The molecule has 1 aliphatic heterocycles. The molecule has 0 amide bonds. The van der Waals surface area contributed by atoms with Crippen molar-refractivity contribution in [2.75, 3.05) is 26.2 Å². The Balaban J connectivity index is 1.61. The minimum atomic E-state index is -4.08. The maximum atomic E-state index is 12.2. The molecule has 2 heterocycles. The topological polar surface area (TPSA) is 28.2 Å². The standard InChI is InChI=1S/C12H18F3N3S/c13-12(14,15)8-18-5-2-10(3-6-18)16-4-1-11-7-19-9-17-11/h7,9-10,16H,1-6,8H2. The molecule has 1 aromatic heterocycles. The fourth-order valence-electron chi connectivity index (χ4n) is 2.31. The highest BCUT2D eigenvalue weighted by Gasteiger charge is 2.32. The number of aromatic nitrogens is 1. The highest BCUT2D eigenvalue weighted by molar-refractivity contribution is 7.07. The van der Waals surface area contributed by atoms with E-state index in [1.165, 1.54) is 4.90 Å². The molecule has 1 aromatic rings. The molecule has 1 aliphatic rings. The minimum Gasteiger partial charge on any atom is -0.313 e. The van der Waals surface area contributed by atoms with Gasteiger partial charge in [-0.3, -0.25) is 4.90 Å². The van der Waals surface area contributed by atoms with Crippen LogP contribution in [0.25, 0.3) is 0 Å². The molecule has 1 fully saturated rings. The molecule has 7 heteroatoms. The largest absolute Gasteiger partial charge is 0.401 e. The lowest BCUT2D eigenvalue weighted by molar-refractivity contribution is -0.148. The van der Waals surface area contributed by atoms with Crippen LogP contribution in [0, 0.1) is 0 Å². The van der Waals surface area contributed by atoms with Gasteiger partial charge < -0.3 is 5.32 Å². The summed E-state index contributed by atoms with van der Waals surface area (Å²) < 4.78 is 36.7. The van der Waals surface area contributed by atoms with Crippen LogP contribution >= 0.6 is 11.3 Å². The smallest absolute Gasteiger partial charge is 0.313 e. The van der Waals surface area contributed by atoms with Gasteiger partial charge in [0.25, 0.3) is 0 Å². The zero-order valence-corrected chi connectivity index (χ0v) is 11.4. The number of alkyl halides is 3. The van der Waals surface area contributed by atoms with E-state index in [2.05, 4.69) is 10.3 Å². The van der Waals surface area contributed by atoms with Crippen molar-refractivity contribution in [1.29, 1.82) is 0 Å². The molecule has 0 bridgehead atoms. The monoisotopic (exact) mass is 293 g/mol. The third kappa shape index (κ3) is 5.46. The minimum absolute atomic E-state index is 0.336. The quantitative estimate of drug-likeness (QED) is 0.903. The molecule has 0 radical (unpaired) electrons. The van der Waals surface area contributed by atoms with Gasteiger partial charge in [-0.15, -0.1) is 11.3 Å². The van der Waals surface area contributed by atoms with Crippen LogP contribution in [0.15, 0.2) is 10.9 Å². The third-order valence-corrected chi connectivity index (χ3v) is 3.92. The zero-order chi connectivity index (χ0) is 13.7. The Kier molecular flexibility index (Phi) is 5.18. The Labute approximate surface area is 114 Å². The molecule has 0 aliphatic carbocycles. The summed E-state index contributed by atoms with van der Waals surface area (Å²) in [6.07, 6.45) is -1.63. The number of halogens is 3. The van der Waals surface area contributed by atoms with Crippen molar-refractivity contribution < 1.29 is 13.2 Å². The van der Waals surface area contributed by atoms with Gasteiger partial charge in [0.1, 0.15) is 0 Å². The molecule has 2 rings (SSSR count). The van der Waals surface area contributed by atoms with Crippen molar-refractivity contribution >= 4 is 11.3 Å². The van der Waals surface area contributed by atoms with Crippen LogP contribution in [0.4, 0.5) is 13.2 Å². The highest BCUT2D eigenvalue weighted by Crippen LogP contribution is 2.19. The molecule has 3 nitrogen and oxygen atoms in total. The van der Waals surface area contributed by atoms with Crippen molar-refractivity contribution in [2.24, 2.45) is 0 Å². The van der Waals surface area contributed by atoms with E-state index in [9.17, 15) is 13.2 Å². The number of thiazole rings is 1. The van der Waals surface area contributed by atoms with E-state index < -0.39 is 12.7 Å². The number of nitrogens with zero attached hydrogens (tertiary/aromatic N) is 2. The number of rotatable bonds is 5. The van der Waals surface area contributed by atoms with Crippen LogP contribution in [0.5, 0.6) is 0 Å². The first kappa shape index (κ1) is 14.7. The molecule has 1 saturated heterocycles. The van der Waals surface area contributed by atoms with Crippen molar-refractivity contribution in [2.45, 2.75) is 31.5 Å². The maximum Gasteiger partial charge on any atom is 0.401 e. The Morgan fingerprint density at radius 2 is 2.11 bits per heavy atom. The lowest BCUT2D eigenvalue weighted by atomic mass is 10.0. The van der Waals surface area contributed by atoms with E-state index in [1.54, 1.807) is 11.3 Å². The van der Waals surface area contributed by atoms with E-state index >= 15 is 0 Å². The van der Waals surface area contributed by atoms with Crippen molar-refractivity contribution in [3.05, 3.63) is 16.6 Å². The first-order chi connectivity index (χ1) is 9.03. The predicted molar refractivity (Wildman–Crippen MR) is 69.3 cm³/mol. The molecule has 0 unspecified atom stereocenters. The summed E-state index contributed by atoms with van der Waals surface area (Å²) in [4.78, 5) is 5.68. The van der Waals surface area contributed by atoms with Gasteiger partial charge in [0, 0.05) is 24.4 Å². The summed E-state index contributed by atoms with van der Waals surface area (Å²) in [5.41, 5.74) is 2.89. The molecule has 0 saturated carbocycles. The van der Waals surface area contributed by atoms with E-state index in [0.717, 1.165) is 31.5 Å². The SMILES string of the molecule is FC(F)(F)CN1CCC(NCCc2cscn2)CC1. The predicted octanol–water partition coefficient (Wildman–Crippen LogP) is 2.30. The average Bonchev–Trinajstić information content (AvgIpc) is 2.82. The summed E-state index contributed by atoms with van der Waals surface area (Å²) >= 11 is 1.58. The van der Waals surface area contributed by atoms with Gasteiger partial charge >= 0.3 is 6.18 Å². The molecule has 0 spiro atoms. The Bertz CT molecular complexity index is 359. The summed E-state index contributed by atoms with van der Waals surface area (Å²) in [5, 5.41) is 5.42. The van der Waals surface area contributed by atoms with Crippen molar-refractivity contribution in [1.82, 2.24) is 15.2 Å². The number of hydrogen-bond acceptors (Lipinski definition) is 4. The lowest BCUT2D eigenvalue weighted by Crippen LogP contribution is -2.45. The second-order valence-electron chi connectivity index (χ2n) is 4.85. The van der Waals surface area contributed by atoms with Crippen LogP contribution in [0.3, 0.4) is 0 Å². The van der Waals surface area contributed by atoms with Gasteiger partial charge in [-0.05, 0) is 25.9 Å². The number of nitrogens with one attached hydrogen (secondary N) is 1. The fraction of sp³-hybridized carbons (Fsp3) is 0.750. The van der Waals surface area contributed by atoms with Crippen LogP contribution in [0.2, 0.25) is 0 Å². The number of likely N-dealkylation sites (tertiary alicyclic amines) is 1. The second kappa shape index (κ2) is 6.67. The maximum absolute atomic E-state index is 12.2. The highest BCUT2D eigenvalue weighted by atomic mass is 32.1. The first-order valence-electron chi connectivity index (χ1n) is 6.42. The lowest BCUT2D eigenvalue weighted by Gasteiger charge is -2.32. The molecular formula is C12H18F3N3S. The van der Waals surface area contributed by atoms with Gasteiger partial charge in [0.15, 0.2) is 0 Å². The van der Waals surface area contributed by atoms with E-state index in [1.807, 2.05) is 10.9 Å². The van der Waals surface area contributed by atoms with Gasteiger partial charge in [0.2, 0.25) is 0 Å².